The molecule has 19 heavy (non-hydrogen) atoms. The summed E-state index contributed by atoms with van der Waals surface area (Å²) >= 11 is 18.4. The molecular weight excluding hydrogens is 301 g/mol. The lowest BCUT2D eigenvalue weighted by molar-refractivity contribution is 0.713. The minimum Gasteiger partial charge on any atom is -0.324 e. The lowest BCUT2D eigenvalue weighted by atomic mass is 10.00. The molecule has 1 atom stereocenters. The van der Waals surface area contributed by atoms with E-state index in [1.54, 1.807) is 12.1 Å². The average molecular weight is 313 g/mol. The molecule has 2 N–H and O–H groups in total. The van der Waals surface area contributed by atoms with Crippen molar-refractivity contribution in [1.29, 1.82) is 0 Å². The van der Waals surface area contributed by atoms with Crippen LogP contribution in [0.5, 0.6) is 0 Å². The van der Waals surface area contributed by atoms with Crippen LogP contribution in [0, 0.1) is 0 Å². The summed E-state index contributed by atoms with van der Waals surface area (Å²) in [6.07, 6.45) is 2.01. The van der Waals surface area contributed by atoms with E-state index in [-0.39, 0.29) is 6.04 Å². The fourth-order valence-corrected chi connectivity index (χ4v) is 3.66. The monoisotopic (exact) mass is 311 g/mol. The molecule has 4 heteroatoms. The van der Waals surface area contributed by atoms with E-state index in [1.807, 2.05) is 6.07 Å². The first-order valence-electron chi connectivity index (χ1n) is 6.09. The fourth-order valence-electron chi connectivity index (χ4n) is 2.62. The summed E-state index contributed by atoms with van der Waals surface area (Å²) in [5, 5.41) is 1.68. The van der Waals surface area contributed by atoms with Crippen molar-refractivity contribution in [3.63, 3.8) is 0 Å². The van der Waals surface area contributed by atoms with Gasteiger partial charge in [-0.3, -0.25) is 0 Å². The summed E-state index contributed by atoms with van der Waals surface area (Å²) in [4.78, 5) is 0. The first-order chi connectivity index (χ1) is 9.06. The minimum absolute atomic E-state index is 0.153. The normalized spacial score (nSPS) is 17.6. The Kier molecular flexibility index (Phi) is 3.48. The number of fused-ring (bicyclic) bond motifs is 1. The van der Waals surface area contributed by atoms with E-state index in [1.165, 1.54) is 11.1 Å². The van der Waals surface area contributed by atoms with Crippen molar-refractivity contribution in [3.05, 3.63) is 56.5 Å². The summed E-state index contributed by atoms with van der Waals surface area (Å²) in [5.74, 6) is 0. The van der Waals surface area contributed by atoms with Gasteiger partial charge in [-0.15, -0.1) is 0 Å². The van der Waals surface area contributed by atoms with E-state index in [0.717, 1.165) is 24.0 Å². The minimum atomic E-state index is 0.153. The predicted octanol–water partition coefficient (Wildman–Crippen LogP) is 5.26. The first kappa shape index (κ1) is 13.3. The van der Waals surface area contributed by atoms with Crippen molar-refractivity contribution >= 4 is 34.8 Å². The predicted molar refractivity (Wildman–Crippen MR) is 82.2 cm³/mol. The van der Waals surface area contributed by atoms with Gasteiger partial charge in [-0.1, -0.05) is 53.0 Å². The number of hydrogen-bond acceptors (Lipinski definition) is 1. The van der Waals surface area contributed by atoms with E-state index in [9.17, 15) is 0 Å². The Morgan fingerprint density at radius 2 is 1.68 bits per heavy atom. The maximum Gasteiger partial charge on any atom is 0.0514 e. The summed E-state index contributed by atoms with van der Waals surface area (Å²) in [6.45, 7) is 0. The zero-order valence-corrected chi connectivity index (χ0v) is 12.4. The highest BCUT2D eigenvalue weighted by atomic mass is 35.5. The molecule has 0 saturated carbocycles. The van der Waals surface area contributed by atoms with Crippen LogP contribution >= 0.6 is 34.8 Å². The molecule has 0 saturated heterocycles. The molecule has 98 valence electrons. The topological polar surface area (TPSA) is 26.0 Å². The molecule has 0 aromatic heterocycles. The fraction of sp³-hybridized carbons (Fsp3) is 0.200. The third kappa shape index (κ3) is 2.36. The Morgan fingerprint density at radius 1 is 1.00 bits per heavy atom. The number of hydrogen-bond donors (Lipinski definition) is 1. The SMILES string of the molecule is NC1CCc2cc(-c3c(Cl)cc(Cl)cc3Cl)ccc21. The summed E-state index contributed by atoms with van der Waals surface area (Å²) in [7, 11) is 0. The van der Waals surface area contributed by atoms with Crippen LogP contribution in [0.4, 0.5) is 0 Å². The highest BCUT2D eigenvalue weighted by Gasteiger charge is 2.20. The van der Waals surface area contributed by atoms with Gasteiger partial charge in [0.1, 0.15) is 0 Å². The molecule has 3 rings (SSSR count). The Morgan fingerprint density at radius 3 is 2.37 bits per heavy atom. The maximum atomic E-state index is 6.26. The van der Waals surface area contributed by atoms with Gasteiger partial charge >= 0.3 is 0 Å². The standard InChI is InChI=1S/C15H12Cl3N/c16-10-6-12(17)15(13(18)7-10)9-1-3-11-8(5-9)2-4-14(11)19/h1,3,5-7,14H,2,4,19H2. The van der Waals surface area contributed by atoms with Crippen LogP contribution in [0.2, 0.25) is 15.1 Å². The van der Waals surface area contributed by atoms with Gasteiger partial charge in [-0.2, -0.15) is 0 Å². The zero-order chi connectivity index (χ0) is 13.6. The van der Waals surface area contributed by atoms with Gasteiger partial charge in [0.05, 0.1) is 10.0 Å². The molecule has 0 spiro atoms. The molecule has 2 aromatic carbocycles. The van der Waals surface area contributed by atoms with Crippen molar-refractivity contribution in [2.75, 3.05) is 0 Å². The van der Waals surface area contributed by atoms with Crippen LogP contribution in [0.15, 0.2) is 30.3 Å². The molecule has 1 aliphatic rings. The number of halogens is 3. The van der Waals surface area contributed by atoms with Crippen molar-refractivity contribution in [3.8, 4) is 11.1 Å². The second kappa shape index (κ2) is 4.99. The highest BCUT2D eigenvalue weighted by Crippen LogP contribution is 2.39. The Bertz CT molecular complexity index is 629. The summed E-state index contributed by atoms with van der Waals surface area (Å²) < 4.78 is 0. The molecule has 0 bridgehead atoms. The molecule has 0 fully saturated rings. The Hall–Kier alpha value is -0.730. The lowest BCUT2D eigenvalue weighted by Crippen LogP contribution is -2.04. The van der Waals surface area contributed by atoms with Crippen LogP contribution in [-0.4, -0.2) is 0 Å². The van der Waals surface area contributed by atoms with Gasteiger partial charge < -0.3 is 5.73 Å². The van der Waals surface area contributed by atoms with Gasteiger partial charge in [-0.25, -0.2) is 0 Å². The highest BCUT2D eigenvalue weighted by molar-refractivity contribution is 6.41. The Balaban J connectivity index is 2.14. The maximum absolute atomic E-state index is 6.26. The van der Waals surface area contributed by atoms with E-state index in [2.05, 4.69) is 12.1 Å². The van der Waals surface area contributed by atoms with Gasteiger partial charge in [0.15, 0.2) is 0 Å². The molecule has 0 aliphatic heterocycles. The van der Waals surface area contributed by atoms with Crippen LogP contribution in [-0.2, 0) is 6.42 Å². The van der Waals surface area contributed by atoms with Crippen molar-refractivity contribution < 1.29 is 0 Å². The van der Waals surface area contributed by atoms with Crippen LogP contribution in [0.25, 0.3) is 11.1 Å². The summed E-state index contributed by atoms with van der Waals surface area (Å²) in [5.41, 5.74) is 10.4. The average Bonchev–Trinajstić information content (AvgIpc) is 2.69. The van der Waals surface area contributed by atoms with Crippen LogP contribution in [0.1, 0.15) is 23.6 Å². The second-order valence-electron chi connectivity index (χ2n) is 4.80. The Labute approximate surface area is 127 Å². The van der Waals surface area contributed by atoms with E-state index >= 15 is 0 Å². The molecule has 2 aromatic rings. The number of aryl methyl sites for hydroxylation is 1. The quantitative estimate of drug-likeness (QED) is 0.763. The zero-order valence-electron chi connectivity index (χ0n) is 10.1. The molecule has 0 heterocycles. The van der Waals surface area contributed by atoms with Gasteiger partial charge in [0.25, 0.3) is 0 Å². The van der Waals surface area contributed by atoms with Gasteiger partial charge in [0.2, 0.25) is 0 Å². The number of nitrogens with two attached hydrogens (primary N) is 1. The number of rotatable bonds is 1. The van der Waals surface area contributed by atoms with Crippen LogP contribution < -0.4 is 5.73 Å². The molecule has 1 unspecified atom stereocenters. The molecule has 1 aliphatic carbocycles. The van der Waals surface area contributed by atoms with Crippen molar-refractivity contribution in [2.24, 2.45) is 5.73 Å². The third-order valence-corrected chi connectivity index (χ3v) is 4.38. The van der Waals surface area contributed by atoms with E-state index in [0.29, 0.717) is 15.1 Å². The second-order valence-corrected chi connectivity index (χ2v) is 6.05. The molecular formula is C15H12Cl3N. The van der Waals surface area contributed by atoms with Gasteiger partial charge in [-0.05, 0) is 41.7 Å². The van der Waals surface area contributed by atoms with E-state index in [4.69, 9.17) is 40.5 Å². The van der Waals surface area contributed by atoms with Crippen molar-refractivity contribution in [1.82, 2.24) is 0 Å². The molecule has 0 radical (unpaired) electrons. The van der Waals surface area contributed by atoms with Crippen molar-refractivity contribution in [2.45, 2.75) is 18.9 Å². The smallest absolute Gasteiger partial charge is 0.0514 e. The molecule has 0 amide bonds. The molecule has 1 nitrogen and oxygen atoms in total. The number of benzene rings is 2. The van der Waals surface area contributed by atoms with Crippen LogP contribution in [0.3, 0.4) is 0 Å². The largest absolute Gasteiger partial charge is 0.324 e. The van der Waals surface area contributed by atoms with Gasteiger partial charge in [0, 0.05) is 16.6 Å². The lowest BCUT2D eigenvalue weighted by Gasteiger charge is -2.11. The first-order valence-corrected chi connectivity index (χ1v) is 7.23. The van der Waals surface area contributed by atoms with E-state index < -0.39 is 0 Å². The third-order valence-electron chi connectivity index (χ3n) is 3.56. The summed E-state index contributed by atoms with van der Waals surface area (Å²) in [6, 6.07) is 9.80.